The van der Waals surface area contributed by atoms with Gasteiger partial charge < -0.3 is 14.2 Å². The predicted molar refractivity (Wildman–Crippen MR) is 102 cm³/mol. The number of carbonyl (C=O) groups excluding carboxylic acids is 2. The van der Waals surface area contributed by atoms with Crippen LogP contribution >= 0.6 is 11.3 Å². The molecule has 1 aliphatic heterocycles. The van der Waals surface area contributed by atoms with E-state index >= 15 is 0 Å². The van der Waals surface area contributed by atoms with Gasteiger partial charge in [0.25, 0.3) is 0 Å². The van der Waals surface area contributed by atoms with E-state index in [2.05, 4.69) is 9.97 Å². The third-order valence-electron chi connectivity index (χ3n) is 4.06. The summed E-state index contributed by atoms with van der Waals surface area (Å²) >= 11 is 1.19. The quantitative estimate of drug-likeness (QED) is 0.483. The second-order valence-corrected chi connectivity index (χ2v) is 7.01. The van der Waals surface area contributed by atoms with Crippen molar-refractivity contribution in [1.29, 1.82) is 0 Å². The van der Waals surface area contributed by atoms with Gasteiger partial charge in [-0.05, 0) is 37.3 Å². The maximum atomic E-state index is 12.4. The molecular formula is C20H16N2O5S. The number of Topliss-reactive ketones (excluding diaryl/α,β-unsaturated/α-hetero) is 1. The Bertz CT molecular complexity index is 1030. The Morgan fingerprint density at radius 1 is 1.14 bits per heavy atom. The molecule has 28 heavy (non-hydrogen) atoms. The van der Waals surface area contributed by atoms with Crippen LogP contribution < -0.4 is 9.47 Å². The number of benzene rings is 1. The van der Waals surface area contributed by atoms with Crippen molar-refractivity contribution in [2.45, 2.75) is 6.92 Å². The van der Waals surface area contributed by atoms with Gasteiger partial charge in [0.1, 0.15) is 23.1 Å². The summed E-state index contributed by atoms with van der Waals surface area (Å²) in [5, 5.41) is 0.628. The number of fused-ring (bicyclic) bond motifs is 1. The van der Waals surface area contributed by atoms with Crippen LogP contribution in [0.15, 0.2) is 42.6 Å². The zero-order valence-corrected chi connectivity index (χ0v) is 15.8. The molecule has 8 heteroatoms. The largest absolute Gasteiger partial charge is 0.486 e. The smallest absolute Gasteiger partial charge is 0.350 e. The molecule has 0 unspecified atom stereocenters. The van der Waals surface area contributed by atoms with Crippen molar-refractivity contribution in [3.8, 4) is 22.2 Å². The fourth-order valence-corrected chi connectivity index (χ4v) is 3.62. The molecule has 2 aromatic heterocycles. The second-order valence-electron chi connectivity index (χ2n) is 6.01. The Morgan fingerprint density at radius 2 is 1.96 bits per heavy atom. The van der Waals surface area contributed by atoms with Crippen molar-refractivity contribution in [3.63, 3.8) is 0 Å². The minimum Gasteiger partial charge on any atom is -0.486 e. The van der Waals surface area contributed by atoms with E-state index in [0.29, 0.717) is 51.5 Å². The normalized spacial score (nSPS) is 12.5. The number of carbonyl (C=O) groups is 2. The van der Waals surface area contributed by atoms with Gasteiger partial charge in [-0.3, -0.25) is 9.78 Å². The standard InChI is InChI=1S/C20H16N2O5S/c1-12-18(28-19(22-12)14-4-2-3-7-21-14)20(24)27-11-15(23)13-5-6-16-17(10-13)26-9-8-25-16/h2-7,10H,8-9,11H2,1H3. The average molecular weight is 396 g/mol. The summed E-state index contributed by atoms with van der Waals surface area (Å²) in [6.45, 7) is 2.27. The summed E-state index contributed by atoms with van der Waals surface area (Å²) in [5.41, 5.74) is 1.62. The van der Waals surface area contributed by atoms with Crippen LogP contribution in [-0.4, -0.2) is 41.5 Å². The molecule has 0 aliphatic carbocycles. The molecule has 4 rings (SSSR count). The molecule has 1 aliphatic rings. The number of rotatable bonds is 5. The van der Waals surface area contributed by atoms with Crippen molar-refractivity contribution in [2.24, 2.45) is 0 Å². The molecule has 142 valence electrons. The molecule has 0 saturated carbocycles. The summed E-state index contributed by atoms with van der Waals surface area (Å²) < 4.78 is 16.1. The van der Waals surface area contributed by atoms with Crippen molar-refractivity contribution in [2.75, 3.05) is 19.8 Å². The number of aryl methyl sites for hydroxylation is 1. The van der Waals surface area contributed by atoms with E-state index in [1.165, 1.54) is 11.3 Å². The van der Waals surface area contributed by atoms with E-state index in [0.717, 1.165) is 0 Å². The third kappa shape index (κ3) is 3.72. The highest BCUT2D eigenvalue weighted by atomic mass is 32.1. The second kappa shape index (κ2) is 7.77. The van der Waals surface area contributed by atoms with Gasteiger partial charge in [-0.2, -0.15) is 0 Å². The van der Waals surface area contributed by atoms with Crippen LogP contribution in [0.4, 0.5) is 0 Å². The topological polar surface area (TPSA) is 87.6 Å². The predicted octanol–water partition coefficient (Wildman–Crippen LogP) is 3.32. The van der Waals surface area contributed by atoms with Crippen LogP contribution in [0, 0.1) is 6.92 Å². The SMILES string of the molecule is Cc1nc(-c2ccccn2)sc1C(=O)OCC(=O)c1ccc2c(c1)OCCO2. The van der Waals surface area contributed by atoms with Crippen LogP contribution in [0.1, 0.15) is 25.7 Å². The lowest BCUT2D eigenvalue weighted by atomic mass is 10.1. The third-order valence-corrected chi connectivity index (χ3v) is 5.22. The Balaban J connectivity index is 1.43. The number of pyridine rings is 1. The summed E-state index contributed by atoms with van der Waals surface area (Å²) in [7, 11) is 0. The van der Waals surface area contributed by atoms with Crippen LogP contribution in [0.5, 0.6) is 11.5 Å². The number of aromatic nitrogens is 2. The van der Waals surface area contributed by atoms with Gasteiger partial charge in [-0.1, -0.05) is 6.07 Å². The summed E-state index contributed by atoms with van der Waals surface area (Å²) in [6, 6.07) is 10.4. The monoisotopic (exact) mass is 396 g/mol. The van der Waals surface area contributed by atoms with E-state index in [9.17, 15) is 9.59 Å². The van der Waals surface area contributed by atoms with Gasteiger partial charge >= 0.3 is 5.97 Å². The molecule has 0 saturated heterocycles. The minimum absolute atomic E-state index is 0.322. The zero-order chi connectivity index (χ0) is 19.5. The first-order chi connectivity index (χ1) is 13.6. The van der Waals surface area contributed by atoms with Gasteiger partial charge in [0, 0.05) is 11.8 Å². The van der Waals surface area contributed by atoms with Gasteiger partial charge in [-0.25, -0.2) is 9.78 Å². The van der Waals surface area contributed by atoms with E-state index in [1.54, 1.807) is 31.3 Å². The van der Waals surface area contributed by atoms with Gasteiger partial charge in [0.15, 0.2) is 23.9 Å². The highest BCUT2D eigenvalue weighted by Crippen LogP contribution is 2.31. The Labute approximate surface area is 164 Å². The van der Waals surface area contributed by atoms with Gasteiger partial charge in [0.05, 0.1) is 11.4 Å². The molecular weight excluding hydrogens is 380 g/mol. The van der Waals surface area contributed by atoms with Crippen molar-refractivity contribution >= 4 is 23.1 Å². The van der Waals surface area contributed by atoms with E-state index < -0.39 is 5.97 Å². The summed E-state index contributed by atoms with van der Waals surface area (Å²) in [4.78, 5) is 33.8. The highest BCUT2D eigenvalue weighted by molar-refractivity contribution is 7.17. The molecule has 0 fully saturated rings. The number of ether oxygens (including phenoxy) is 3. The molecule has 1 aromatic carbocycles. The summed E-state index contributed by atoms with van der Waals surface area (Å²) in [5.74, 6) is 0.212. The lowest BCUT2D eigenvalue weighted by molar-refractivity contribution is 0.0478. The number of esters is 1. The molecule has 0 atom stereocenters. The van der Waals surface area contributed by atoms with Gasteiger partial charge in [-0.15, -0.1) is 11.3 Å². The maximum Gasteiger partial charge on any atom is 0.350 e. The molecule has 0 bridgehead atoms. The molecule has 0 radical (unpaired) electrons. The van der Waals surface area contributed by atoms with Crippen LogP contribution in [0.3, 0.4) is 0 Å². The lowest BCUT2D eigenvalue weighted by Gasteiger charge is -2.18. The minimum atomic E-state index is -0.580. The van der Waals surface area contributed by atoms with Crippen molar-refractivity contribution < 1.29 is 23.8 Å². The van der Waals surface area contributed by atoms with Crippen molar-refractivity contribution in [3.05, 3.63) is 58.7 Å². The number of ketones is 1. The van der Waals surface area contributed by atoms with Crippen LogP contribution in [0.2, 0.25) is 0 Å². The molecule has 0 N–H and O–H groups in total. The number of nitrogens with zero attached hydrogens (tertiary/aromatic N) is 2. The molecule has 7 nitrogen and oxygen atoms in total. The fourth-order valence-electron chi connectivity index (χ4n) is 2.68. The molecule has 0 amide bonds. The first-order valence-electron chi connectivity index (χ1n) is 8.60. The molecule has 3 aromatic rings. The lowest BCUT2D eigenvalue weighted by Crippen LogP contribution is -2.17. The van der Waals surface area contributed by atoms with Gasteiger partial charge in [0.2, 0.25) is 0 Å². The zero-order valence-electron chi connectivity index (χ0n) is 15.0. The summed E-state index contributed by atoms with van der Waals surface area (Å²) in [6.07, 6.45) is 1.66. The molecule has 3 heterocycles. The number of thiazole rings is 1. The first kappa shape index (κ1) is 18.1. The highest BCUT2D eigenvalue weighted by Gasteiger charge is 2.20. The number of hydrogen-bond acceptors (Lipinski definition) is 8. The molecule has 0 spiro atoms. The number of hydrogen-bond donors (Lipinski definition) is 0. The fraction of sp³-hybridized carbons (Fsp3) is 0.200. The Hall–Kier alpha value is -3.26. The van der Waals surface area contributed by atoms with Crippen LogP contribution in [-0.2, 0) is 4.74 Å². The van der Waals surface area contributed by atoms with E-state index in [-0.39, 0.29) is 12.4 Å². The van der Waals surface area contributed by atoms with Crippen LogP contribution in [0.25, 0.3) is 10.7 Å². The Morgan fingerprint density at radius 3 is 2.75 bits per heavy atom. The maximum absolute atomic E-state index is 12.4. The average Bonchev–Trinajstić information content (AvgIpc) is 3.14. The van der Waals surface area contributed by atoms with E-state index in [4.69, 9.17) is 14.2 Å². The Kier molecular flexibility index (Phi) is 5.03. The first-order valence-corrected chi connectivity index (χ1v) is 9.42. The van der Waals surface area contributed by atoms with E-state index in [1.807, 2.05) is 18.2 Å². The van der Waals surface area contributed by atoms with Crippen molar-refractivity contribution in [1.82, 2.24) is 9.97 Å².